The predicted molar refractivity (Wildman–Crippen MR) is 135 cm³/mol. The van der Waals surface area contributed by atoms with E-state index in [1.54, 1.807) is 35.6 Å². The Balaban J connectivity index is 0.00000289. The first-order valence-corrected chi connectivity index (χ1v) is 12.2. The van der Waals surface area contributed by atoms with Crippen LogP contribution in [0.15, 0.2) is 58.4 Å². The lowest BCUT2D eigenvalue weighted by Gasteiger charge is -2.19. The van der Waals surface area contributed by atoms with Crippen molar-refractivity contribution in [3.63, 3.8) is 0 Å². The van der Waals surface area contributed by atoms with Gasteiger partial charge in [0.2, 0.25) is 10.0 Å². The Morgan fingerprint density at radius 2 is 1.78 bits per heavy atom. The third-order valence-electron chi connectivity index (χ3n) is 6.19. The van der Waals surface area contributed by atoms with E-state index in [1.165, 1.54) is 6.07 Å². The van der Waals surface area contributed by atoms with E-state index in [-0.39, 0.29) is 35.2 Å². The number of aliphatic imine (C=N–C) groups is 1. The molecule has 0 aromatic heterocycles. The van der Waals surface area contributed by atoms with Gasteiger partial charge in [-0.2, -0.15) is 4.31 Å². The lowest BCUT2D eigenvalue weighted by Crippen LogP contribution is -2.40. The lowest BCUT2D eigenvalue weighted by atomic mass is 9.96. The molecule has 174 valence electrons. The molecule has 0 radical (unpaired) electrons. The molecule has 1 heterocycles. The molecule has 0 bridgehead atoms. The monoisotopic (exact) mass is 572 g/mol. The van der Waals surface area contributed by atoms with Crippen molar-refractivity contribution in [2.45, 2.75) is 42.5 Å². The first-order valence-electron chi connectivity index (χ1n) is 10.7. The third-order valence-corrected chi connectivity index (χ3v) is 8.11. The fourth-order valence-electron chi connectivity index (χ4n) is 4.05. The second-order valence-electron chi connectivity index (χ2n) is 8.33. The summed E-state index contributed by atoms with van der Waals surface area (Å²) < 4.78 is 40.4. The van der Waals surface area contributed by atoms with Gasteiger partial charge in [0.25, 0.3) is 0 Å². The van der Waals surface area contributed by atoms with Crippen LogP contribution in [-0.4, -0.2) is 45.4 Å². The Labute approximate surface area is 206 Å². The highest BCUT2D eigenvalue weighted by Gasteiger charge is 2.44. The third kappa shape index (κ3) is 5.60. The summed E-state index contributed by atoms with van der Waals surface area (Å²) in [6.45, 7) is 2.41. The minimum absolute atomic E-state index is 0. The van der Waals surface area contributed by atoms with Crippen LogP contribution in [0.5, 0.6) is 0 Å². The molecule has 0 amide bonds. The number of nitrogens with one attached hydrogen (secondary N) is 2. The minimum Gasteiger partial charge on any atom is -0.356 e. The van der Waals surface area contributed by atoms with Gasteiger partial charge in [0, 0.05) is 38.6 Å². The van der Waals surface area contributed by atoms with Crippen molar-refractivity contribution in [2.24, 2.45) is 4.99 Å². The average Bonchev–Trinajstić information content (AvgIpc) is 3.35. The van der Waals surface area contributed by atoms with E-state index in [0.29, 0.717) is 37.0 Å². The average molecular weight is 572 g/mol. The van der Waals surface area contributed by atoms with Crippen molar-refractivity contribution in [3.05, 3.63) is 65.5 Å². The summed E-state index contributed by atoms with van der Waals surface area (Å²) in [7, 11) is -1.68. The Hall–Kier alpha value is -1.72. The van der Waals surface area contributed by atoms with Gasteiger partial charge >= 0.3 is 0 Å². The van der Waals surface area contributed by atoms with Gasteiger partial charge in [-0.3, -0.25) is 4.99 Å². The van der Waals surface area contributed by atoms with Crippen LogP contribution in [0.25, 0.3) is 0 Å². The number of benzene rings is 2. The van der Waals surface area contributed by atoms with E-state index in [0.717, 1.165) is 36.8 Å². The van der Waals surface area contributed by atoms with E-state index in [1.807, 2.05) is 18.2 Å². The van der Waals surface area contributed by atoms with Crippen molar-refractivity contribution in [1.82, 2.24) is 14.9 Å². The first-order chi connectivity index (χ1) is 14.9. The second kappa shape index (κ2) is 10.5. The Morgan fingerprint density at radius 1 is 1.09 bits per heavy atom. The van der Waals surface area contributed by atoms with Gasteiger partial charge in [0.1, 0.15) is 5.82 Å². The molecular formula is C23H30FIN4O2S. The highest BCUT2D eigenvalue weighted by Crippen LogP contribution is 2.47. The van der Waals surface area contributed by atoms with Crippen LogP contribution in [0, 0.1) is 5.82 Å². The molecule has 1 saturated heterocycles. The van der Waals surface area contributed by atoms with Crippen LogP contribution < -0.4 is 10.6 Å². The summed E-state index contributed by atoms with van der Waals surface area (Å²) in [6.07, 6.45) is 3.89. The SMILES string of the molecule is CN=C(NCc1ccc(S(=O)(=O)N2CCCC2)cc1)NCC1(c2cccc(F)c2)CC1.I. The number of guanidine groups is 1. The number of halogens is 2. The predicted octanol–water partition coefficient (Wildman–Crippen LogP) is 3.63. The van der Waals surface area contributed by atoms with Crippen molar-refractivity contribution in [2.75, 3.05) is 26.7 Å². The fraction of sp³-hybridized carbons (Fsp3) is 0.435. The lowest BCUT2D eigenvalue weighted by molar-refractivity contribution is 0.477. The first kappa shape index (κ1) is 24.9. The van der Waals surface area contributed by atoms with Gasteiger partial charge in [-0.15, -0.1) is 24.0 Å². The van der Waals surface area contributed by atoms with Crippen molar-refractivity contribution in [3.8, 4) is 0 Å². The molecule has 2 fully saturated rings. The molecule has 32 heavy (non-hydrogen) atoms. The highest BCUT2D eigenvalue weighted by atomic mass is 127. The number of rotatable bonds is 7. The topological polar surface area (TPSA) is 73.8 Å². The van der Waals surface area contributed by atoms with Crippen LogP contribution in [-0.2, 0) is 22.0 Å². The fourth-order valence-corrected chi connectivity index (χ4v) is 5.57. The Morgan fingerprint density at radius 3 is 2.38 bits per heavy atom. The molecule has 1 saturated carbocycles. The standard InChI is InChI=1S/C23H29FN4O2S.HI/c1-25-22(27-17-23(11-12-23)19-5-4-6-20(24)15-19)26-16-18-7-9-21(10-8-18)31(29,30)28-13-2-3-14-28;/h4-10,15H,2-3,11-14,16-17H2,1H3,(H2,25,26,27);1H. The highest BCUT2D eigenvalue weighted by molar-refractivity contribution is 14.0. The molecule has 9 heteroatoms. The maximum Gasteiger partial charge on any atom is 0.243 e. The molecule has 0 atom stereocenters. The smallest absolute Gasteiger partial charge is 0.243 e. The van der Waals surface area contributed by atoms with Crippen LogP contribution in [0.1, 0.15) is 36.8 Å². The molecule has 4 rings (SSSR count). The second-order valence-corrected chi connectivity index (χ2v) is 10.3. The molecule has 6 nitrogen and oxygen atoms in total. The minimum atomic E-state index is -3.39. The number of sulfonamides is 1. The van der Waals surface area contributed by atoms with Crippen LogP contribution in [0.2, 0.25) is 0 Å². The molecule has 2 N–H and O–H groups in total. The molecule has 2 aromatic rings. The summed E-state index contributed by atoms with van der Waals surface area (Å²) in [4.78, 5) is 4.61. The van der Waals surface area contributed by atoms with Gasteiger partial charge in [-0.1, -0.05) is 24.3 Å². The summed E-state index contributed by atoms with van der Waals surface area (Å²) in [5.74, 6) is 0.456. The molecule has 1 aliphatic heterocycles. The normalized spacial score (nSPS) is 18.1. The van der Waals surface area contributed by atoms with Crippen LogP contribution in [0.3, 0.4) is 0 Å². The van der Waals surface area contributed by atoms with E-state index in [9.17, 15) is 12.8 Å². The van der Waals surface area contributed by atoms with Crippen molar-refractivity contribution in [1.29, 1.82) is 0 Å². The molecule has 0 unspecified atom stereocenters. The van der Waals surface area contributed by atoms with E-state index >= 15 is 0 Å². The van der Waals surface area contributed by atoms with Gasteiger partial charge < -0.3 is 10.6 Å². The van der Waals surface area contributed by atoms with Gasteiger partial charge in [-0.05, 0) is 61.1 Å². The van der Waals surface area contributed by atoms with Crippen molar-refractivity contribution < 1.29 is 12.8 Å². The van der Waals surface area contributed by atoms with E-state index in [4.69, 9.17) is 0 Å². The maximum absolute atomic E-state index is 13.6. The number of hydrogen-bond acceptors (Lipinski definition) is 3. The zero-order valence-electron chi connectivity index (χ0n) is 18.2. The summed E-state index contributed by atoms with van der Waals surface area (Å²) in [6, 6.07) is 13.8. The summed E-state index contributed by atoms with van der Waals surface area (Å²) in [5, 5.41) is 6.61. The van der Waals surface area contributed by atoms with E-state index in [2.05, 4.69) is 15.6 Å². The quantitative estimate of drug-likeness (QED) is 0.302. The van der Waals surface area contributed by atoms with Gasteiger partial charge in [-0.25, -0.2) is 12.8 Å². The summed E-state index contributed by atoms with van der Waals surface area (Å²) >= 11 is 0. The zero-order valence-corrected chi connectivity index (χ0v) is 21.3. The number of nitrogens with zero attached hydrogens (tertiary/aromatic N) is 2. The van der Waals surface area contributed by atoms with Gasteiger partial charge in [0.15, 0.2) is 5.96 Å². The van der Waals surface area contributed by atoms with E-state index < -0.39 is 10.0 Å². The van der Waals surface area contributed by atoms with Crippen molar-refractivity contribution >= 4 is 40.0 Å². The van der Waals surface area contributed by atoms with Gasteiger partial charge in [0.05, 0.1) is 4.90 Å². The molecular weight excluding hydrogens is 542 g/mol. The maximum atomic E-state index is 13.6. The zero-order chi connectivity index (χ0) is 21.9. The molecule has 2 aromatic carbocycles. The number of hydrogen-bond donors (Lipinski definition) is 2. The Kier molecular flexibility index (Phi) is 8.16. The Bertz CT molecular complexity index is 1050. The largest absolute Gasteiger partial charge is 0.356 e. The summed E-state index contributed by atoms with van der Waals surface area (Å²) in [5.41, 5.74) is 1.95. The molecule has 2 aliphatic rings. The molecule has 1 aliphatic carbocycles. The van der Waals surface area contributed by atoms with Crippen LogP contribution >= 0.6 is 24.0 Å². The molecule has 0 spiro atoms. The van der Waals surface area contributed by atoms with Crippen LogP contribution in [0.4, 0.5) is 4.39 Å².